The Kier molecular flexibility index (Phi) is 5.44. The van der Waals surface area contributed by atoms with Gasteiger partial charge < -0.3 is 41.1 Å². The summed E-state index contributed by atoms with van der Waals surface area (Å²) in [6.07, 6.45) is -7.24. The van der Waals surface area contributed by atoms with Crippen LogP contribution in [-0.2, 0) is 9.53 Å². The Hall–Kier alpha value is -1.50. The van der Waals surface area contributed by atoms with E-state index in [9.17, 15) is 25.2 Å². The molecule has 0 aromatic carbocycles. The molecule has 8 N–H and O–H groups in total. The van der Waals surface area contributed by atoms with Gasteiger partial charge in [0.15, 0.2) is 0 Å². The number of nitrogens with zero attached hydrogens (tertiary/aromatic N) is 3. The number of hydrogen-bond acceptors (Lipinski definition) is 9. The average molecular weight is 308 g/mol. The number of aliphatic carboxylic acids is 1. The first kappa shape index (κ1) is 17.6. The molecular formula is C9H16N4O8. The van der Waals surface area contributed by atoms with Gasteiger partial charge in [0.2, 0.25) is 0 Å². The number of aliphatic hydroxyl groups excluding tert-OH is 4. The van der Waals surface area contributed by atoms with Crippen molar-refractivity contribution in [2.45, 2.75) is 42.3 Å². The summed E-state index contributed by atoms with van der Waals surface area (Å²) in [5.74, 6) is -5.14. The Morgan fingerprint density at radius 1 is 1.52 bits per heavy atom. The maximum absolute atomic E-state index is 11.1. The summed E-state index contributed by atoms with van der Waals surface area (Å²) in [4.78, 5) is 13.4. The van der Waals surface area contributed by atoms with Crippen molar-refractivity contribution in [1.82, 2.24) is 0 Å². The van der Waals surface area contributed by atoms with E-state index < -0.39 is 54.9 Å². The van der Waals surface area contributed by atoms with Gasteiger partial charge in [-0.1, -0.05) is 5.11 Å². The van der Waals surface area contributed by atoms with Crippen LogP contribution in [0.3, 0.4) is 0 Å². The number of carboxylic acids is 1. The molecule has 0 radical (unpaired) electrons. The third-order valence-electron chi connectivity index (χ3n) is 3.21. The standard InChI is InChI=1S/C9H16N4O8/c10-3-5(17)7(12-13-11)9(20,8(18)19)21-6(3)4(16)2(15)1-14/h2-7,14-17,20H,1,10H2,(H,18,19)/t2-,3-,4-,5-,6-,7?,9?/m1/s1. The Bertz CT molecular complexity index is 443. The van der Waals surface area contributed by atoms with Crippen LogP contribution in [0.25, 0.3) is 10.4 Å². The molecule has 0 amide bonds. The molecule has 0 spiro atoms. The molecule has 12 nitrogen and oxygen atoms in total. The number of rotatable bonds is 5. The highest BCUT2D eigenvalue weighted by atomic mass is 16.7. The van der Waals surface area contributed by atoms with Crippen LogP contribution >= 0.6 is 0 Å². The fraction of sp³-hybridized carbons (Fsp3) is 0.889. The molecule has 12 heteroatoms. The van der Waals surface area contributed by atoms with Crippen molar-refractivity contribution in [2.24, 2.45) is 10.8 Å². The van der Waals surface area contributed by atoms with Gasteiger partial charge in [-0.15, -0.1) is 0 Å². The van der Waals surface area contributed by atoms with Crippen molar-refractivity contribution in [1.29, 1.82) is 0 Å². The lowest BCUT2D eigenvalue weighted by Crippen LogP contribution is -2.71. The summed E-state index contributed by atoms with van der Waals surface area (Å²) in [7, 11) is 0. The number of azide groups is 1. The molecule has 2 unspecified atom stereocenters. The molecule has 120 valence electrons. The molecule has 0 aromatic heterocycles. The lowest BCUT2D eigenvalue weighted by Gasteiger charge is -2.46. The maximum atomic E-state index is 11.1. The topological polar surface area (TPSA) is 222 Å². The van der Waals surface area contributed by atoms with Crippen LogP contribution in [0, 0.1) is 0 Å². The second kappa shape index (κ2) is 6.51. The van der Waals surface area contributed by atoms with Crippen molar-refractivity contribution in [3.63, 3.8) is 0 Å². The van der Waals surface area contributed by atoms with E-state index in [1.54, 1.807) is 0 Å². The van der Waals surface area contributed by atoms with Crippen molar-refractivity contribution < 1.29 is 40.2 Å². The summed E-state index contributed by atoms with van der Waals surface area (Å²) < 4.78 is 4.75. The molecular weight excluding hydrogens is 292 g/mol. The summed E-state index contributed by atoms with van der Waals surface area (Å²) in [6, 6.07) is -3.46. The Morgan fingerprint density at radius 2 is 2.10 bits per heavy atom. The van der Waals surface area contributed by atoms with E-state index in [0.29, 0.717) is 0 Å². The normalized spacial score (nSPS) is 39.1. The van der Waals surface area contributed by atoms with Gasteiger partial charge in [0.1, 0.15) is 24.4 Å². The van der Waals surface area contributed by atoms with E-state index in [1.807, 2.05) is 0 Å². The predicted molar refractivity (Wildman–Crippen MR) is 63.5 cm³/mol. The largest absolute Gasteiger partial charge is 0.477 e. The van der Waals surface area contributed by atoms with Crippen molar-refractivity contribution in [3.05, 3.63) is 10.4 Å². The van der Waals surface area contributed by atoms with E-state index in [2.05, 4.69) is 10.0 Å². The zero-order valence-electron chi connectivity index (χ0n) is 10.6. The average Bonchev–Trinajstić information content (AvgIpc) is 2.45. The zero-order chi connectivity index (χ0) is 16.4. The van der Waals surface area contributed by atoms with Gasteiger partial charge in [-0.3, -0.25) is 0 Å². The molecule has 1 aliphatic rings. The number of nitrogens with two attached hydrogens (primary N) is 1. The number of aliphatic hydroxyl groups is 5. The zero-order valence-corrected chi connectivity index (χ0v) is 10.6. The molecule has 1 fully saturated rings. The summed E-state index contributed by atoms with van der Waals surface area (Å²) >= 11 is 0. The Labute approximate surface area is 117 Å². The lowest BCUT2D eigenvalue weighted by molar-refractivity contribution is -0.300. The molecule has 1 saturated heterocycles. The molecule has 0 saturated carbocycles. The van der Waals surface area contributed by atoms with Gasteiger partial charge in [0, 0.05) is 4.91 Å². The molecule has 0 bridgehead atoms. The van der Waals surface area contributed by atoms with Gasteiger partial charge in [0.05, 0.1) is 18.8 Å². The first-order chi connectivity index (χ1) is 9.70. The van der Waals surface area contributed by atoms with Crippen LogP contribution in [0.1, 0.15) is 0 Å². The van der Waals surface area contributed by atoms with Crippen LogP contribution in [0.4, 0.5) is 0 Å². The van der Waals surface area contributed by atoms with Crippen molar-refractivity contribution in [3.8, 4) is 0 Å². The predicted octanol–water partition coefficient (Wildman–Crippen LogP) is -3.76. The summed E-state index contributed by atoms with van der Waals surface area (Å²) in [6.45, 7) is -0.894. The van der Waals surface area contributed by atoms with Crippen molar-refractivity contribution >= 4 is 5.97 Å². The van der Waals surface area contributed by atoms with Crippen LogP contribution in [-0.4, -0.2) is 85.5 Å². The number of hydrogen-bond donors (Lipinski definition) is 7. The Morgan fingerprint density at radius 3 is 2.52 bits per heavy atom. The summed E-state index contributed by atoms with van der Waals surface area (Å²) in [5.41, 5.74) is 13.9. The van der Waals surface area contributed by atoms with Crippen LogP contribution in [0.2, 0.25) is 0 Å². The van der Waals surface area contributed by atoms with E-state index in [-0.39, 0.29) is 0 Å². The highest BCUT2D eigenvalue weighted by molar-refractivity contribution is 5.77. The second-order valence-corrected chi connectivity index (χ2v) is 4.54. The fourth-order valence-electron chi connectivity index (χ4n) is 2.00. The number of ether oxygens (including phenoxy) is 1. The molecule has 7 atom stereocenters. The van der Waals surface area contributed by atoms with Gasteiger partial charge in [-0.2, -0.15) is 0 Å². The first-order valence-electron chi connectivity index (χ1n) is 5.79. The van der Waals surface area contributed by atoms with Crippen LogP contribution in [0.15, 0.2) is 5.11 Å². The monoisotopic (exact) mass is 308 g/mol. The van der Waals surface area contributed by atoms with Crippen LogP contribution < -0.4 is 5.73 Å². The third-order valence-corrected chi connectivity index (χ3v) is 3.21. The molecule has 0 aliphatic carbocycles. The van der Waals surface area contributed by atoms with E-state index in [4.69, 9.17) is 26.2 Å². The minimum atomic E-state index is -3.15. The SMILES string of the molecule is [N-]=[N+]=NC1[C@H](O)[C@@H](N)[C@H]([C@H](O)[C@H](O)CO)OC1(O)C(=O)O. The minimum absolute atomic E-state index is 0.894. The second-order valence-electron chi connectivity index (χ2n) is 4.54. The first-order valence-corrected chi connectivity index (χ1v) is 5.79. The number of carboxylic acid groups (broad SMARTS) is 1. The van der Waals surface area contributed by atoms with Crippen molar-refractivity contribution in [2.75, 3.05) is 6.61 Å². The Balaban J connectivity index is 3.19. The molecule has 0 aromatic rings. The molecule has 1 rings (SSSR count). The quantitative estimate of drug-likeness (QED) is 0.150. The van der Waals surface area contributed by atoms with Gasteiger partial charge in [0.25, 0.3) is 5.79 Å². The smallest absolute Gasteiger partial charge is 0.364 e. The molecule has 1 aliphatic heterocycles. The highest BCUT2D eigenvalue weighted by Gasteiger charge is 2.59. The molecule has 21 heavy (non-hydrogen) atoms. The lowest BCUT2D eigenvalue weighted by atomic mass is 9.86. The number of carbonyl (C=O) groups is 1. The maximum Gasteiger partial charge on any atom is 0.364 e. The fourth-order valence-corrected chi connectivity index (χ4v) is 2.00. The van der Waals surface area contributed by atoms with Gasteiger partial charge in [-0.05, 0) is 5.53 Å². The minimum Gasteiger partial charge on any atom is -0.477 e. The summed E-state index contributed by atoms with van der Waals surface area (Å²) in [5, 5.41) is 59.6. The highest BCUT2D eigenvalue weighted by Crippen LogP contribution is 2.32. The van der Waals surface area contributed by atoms with Gasteiger partial charge >= 0.3 is 5.97 Å². The third kappa shape index (κ3) is 3.07. The molecule has 1 heterocycles. The van der Waals surface area contributed by atoms with E-state index in [1.165, 1.54) is 0 Å². The van der Waals surface area contributed by atoms with Gasteiger partial charge in [-0.25, -0.2) is 4.79 Å². The van der Waals surface area contributed by atoms with E-state index >= 15 is 0 Å². The van der Waals surface area contributed by atoms with E-state index in [0.717, 1.165) is 0 Å². The van der Waals surface area contributed by atoms with Crippen LogP contribution in [0.5, 0.6) is 0 Å².